The van der Waals surface area contributed by atoms with Crippen molar-refractivity contribution in [1.29, 1.82) is 0 Å². The van der Waals surface area contributed by atoms with Gasteiger partial charge in [0.1, 0.15) is 11.5 Å². The first-order chi connectivity index (χ1) is 15.7. The highest BCUT2D eigenvalue weighted by atomic mass is 35.5. The van der Waals surface area contributed by atoms with E-state index in [-0.39, 0.29) is 61.0 Å². The molecule has 0 spiro atoms. The van der Waals surface area contributed by atoms with Crippen LogP contribution in [0.3, 0.4) is 0 Å². The third-order valence-corrected chi connectivity index (χ3v) is 6.22. The molecule has 11 heteroatoms. The van der Waals surface area contributed by atoms with E-state index in [1.54, 1.807) is 0 Å². The number of hydrogen-bond acceptors (Lipinski definition) is 5. The molecule has 2 aliphatic heterocycles. The smallest absolute Gasteiger partial charge is 0.294 e. The molecule has 2 aliphatic rings. The van der Waals surface area contributed by atoms with Crippen molar-refractivity contribution in [3.8, 4) is 5.75 Å². The van der Waals surface area contributed by atoms with Gasteiger partial charge in [0.25, 0.3) is 17.4 Å². The summed E-state index contributed by atoms with van der Waals surface area (Å²) >= 11 is 5.83. The van der Waals surface area contributed by atoms with Crippen LogP contribution in [-0.2, 0) is 24.3 Å². The number of rotatable bonds is 4. The van der Waals surface area contributed by atoms with Gasteiger partial charge < -0.3 is 25.2 Å². The molecule has 0 saturated carbocycles. The number of aromatic hydroxyl groups is 1. The number of primary amides is 1. The second-order valence-corrected chi connectivity index (χ2v) is 8.54. The van der Waals surface area contributed by atoms with Crippen LogP contribution in [0.1, 0.15) is 44.8 Å². The first kappa shape index (κ1) is 22.8. The van der Waals surface area contributed by atoms with Crippen LogP contribution < -0.4 is 11.3 Å². The Labute approximate surface area is 193 Å². The van der Waals surface area contributed by atoms with Crippen LogP contribution in [0.2, 0.25) is 5.02 Å². The fourth-order valence-corrected chi connectivity index (χ4v) is 4.57. The number of hydrogen-bond donors (Lipinski definition) is 2. The van der Waals surface area contributed by atoms with E-state index in [0.717, 1.165) is 0 Å². The number of aromatic nitrogens is 1. The minimum absolute atomic E-state index is 0.00609. The zero-order chi connectivity index (χ0) is 23.9. The van der Waals surface area contributed by atoms with Gasteiger partial charge in [-0.15, -0.1) is 0 Å². The number of pyridine rings is 1. The van der Waals surface area contributed by atoms with Crippen LogP contribution in [-0.4, -0.2) is 56.8 Å². The second-order valence-electron chi connectivity index (χ2n) is 8.13. The van der Waals surface area contributed by atoms with Gasteiger partial charge in [-0.3, -0.25) is 19.2 Å². The van der Waals surface area contributed by atoms with Gasteiger partial charge in [0.15, 0.2) is 5.75 Å². The molecule has 1 aromatic heterocycles. The van der Waals surface area contributed by atoms with Crippen molar-refractivity contribution in [2.24, 2.45) is 5.73 Å². The van der Waals surface area contributed by atoms with E-state index in [1.165, 1.54) is 32.6 Å². The molecule has 0 fully saturated rings. The highest BCUT2D eigenvalue weighted by molar-refractivity contribution is 6.30. The highest BCUT2D eigenvalue weighted by Gasteiger charge is 2.36. The molecule has 1 aromatic carbocycles. The number of nitrogens with zero attached hydrogens (tertiary/aromatic N) is 3. The molecule has 3 amide bonds. The maximum absolute atomic E-state index is 13.5. The predicted octanol–water partition coefficient (Wildman–Crippen LogP) is 1.27. The van der Waals surface area contributed by atoms with E-state index < -0.39 is 34.8 Å². The molecule has 0 unspecified atom stereocenters. The fraction of sp³-hybridized carbons (Fsp3) is 0.364. The maximum atomic E-state index is 13.5. The Hall–Kier alpha value is -3.40. The summed E-state index contributed by atoms with van der Waals surface area (Å²) in [7, 11) is 0. The lowest BCUT2D eigenvalue weighted by molar-refractivity contribution is -0.118. The van der Waals surface area contributed by atoms with Gasteiger partial charge in [0, 0.05) is 31.7 Å². The van der Waals surface area contributed by atoms with Gasteiger partial charge in [-0.1, -0.05) is 17.7 Å². The molecule has 174 valence electrons. The van der Waals surface area contributed by atoms with E-state index in [1.807, 2.05) is 0 Å². The number of benzene rings is 1. The molecule has 3 N–H and O–H groups in total. The summed E-state index contributed by atoms with van der Waals surface area (Å²) < 4.78 is 14.7. The van der Waals surface area contributed by atoms with Crippen molar-refractivity contribution in [1.82, 2.24) is 14.4 Å². The summed E-state index contributed by atoms with van der Waals surface area (Å²) in [4.78, 5) is 53.6. The Morgan fingerprint density at radius 2 is 1.82 bits per heavy atom. The molecule has 0 bridgehead atoms. The van der Waals surface area contributed by atoms with Crippen LogP contribution in [0.5, 0.6) is 5.75 Å². The van der Waals surface area contributed by atoms with Gasteiger partial charge in [-0.25, -0.2) is 4.39 Å². The molecule has 9 nitrogen and oxygen atoms in total. The summed E-state index contributed by atoms with van der Waals surface area (Å²) in [5.74, 6) is -3.18. The summed E-state index contributed by atoms with van der Waals surface area (Å²) in [6, 6.07) is 4.09. The van der Waals surface area contributed by atoms with Crippen molar-refractivity contribution in [3.05, 3.63) is 61.8 Å². The van der Waals surface area contributed by atoms with Gasteiger partial charge in [0.2, 0.25) is 5.91 Å². The molecule has 4 rings (SSSR count). The molecule has 0 atom stereocenters. The van der Waals surface area contributed by atoms with Gasteiger partial charge in [-0.05, 0) is 37.0 Å². The number of nitrogens with two attached hydrogens (primary N) is 1. The molecule has 0 aliphatic carbocycles. The van der Waals surface area contributed by atoms with Crippen molar-refractivity contribution < 1.29 is 23.9 Å². The largest absolute Gasteiger partial charge is 0.502 e. The van der Waals surface area contributed by atoms with E-state index in [9.17, 15) is 28.7 Å². The second kappa shape index (κ2) is 8.86. The lowest BCUT2D eigenvalue weighted by atomic mass is 9.94. The zero-order valence-corrected chi connectivity index (χ0v) is 18.4. The predicted molar refractivity (Wildman–Crippen MR) is 117 cm³/mol. The lowest BCUT2D eigenvalue weighted by Crippen LogP contribution is -2.46. The van der Waals surface area contributed by atoms with Crippen molar-refractivity contribution in [2.45, 2.75) is 32.4 Å². The number of carbonyl (C=O) groups excluding carboxylic acids is 3. The molecule has 3 heterocycles. The summed E-state index contributed by atoms with van der Waals surface area (Å²) in [6.07, 6.45) is 1.30. The van der Waals surface area contributed by atoms with Crippen LogP contribution in [0.25, 0.3) is 0 Å². The molecule has 2 aromatic rings. The average Bonchev–Trinajstić information content (AvgIpc) is 2.76. The van der Waals surface area contributed by atoms with E-state index in [0.29, 0.717) is 18.4 Å². The third kappa shape index (κ3) is 4.18. The number of fused-ring (bicyclic) bond motifs is 3. The minimum atomic E-state index is -0.835. The number of amides is 3. The van der Waals surface area contributed by atoms with Crippen LogP contribution in [0, 0.1) is 5.82 Å². The van der Waals surface area contributed by atoms with Crippen LogP contribution in [0.4, 0.5) is 4.39 Å². The first-order valence-electron chi connectivity index (χ1n) is 10.5. The Morgan fingerprint density at radius 1 is 1.09 bits per heavy atom. The standard InChI is InChI=1S/C22H22ClFN4O5/c23-14-9-12(3-4-15(14)24)10-27-8-5-13-17(20(27)31)19(30)22(33)28-7-2-1-6-26(11-16(25)29)21(32)18(13)28/h3-4,9,30H,1-2,5-8,10-11H2,(H2,25,29). The Kier molecular flexibility index (Phi) is 6.11. The molecule has 33 heavy (non-hydrogen) atoms. The molecular weight excluding hydrogens is 455 g/mol. The zero-order valence-electron chi connectivity index (χ0n) is 17.6. The monoisotopic (exact) mass is 476 g/mol. The SMILES string of the molecule is NC(=O)CN1CCCCn2c(c3c(c(O)c2=O)C(=O)N(Cc2ccc(F)c(Cl)c2)CC3)C1=O. The number of halogens is 2. The number of carbonyl (C=O) groups is 3. The summed E-state index contributed by atoms with van der Waals surface area (Å²) in [5.41, 5.74) is 5.08. The fourth-order valence-electron chi connectivity index (χ4n) is 4.37. The Bertz CT molecular complexity index is 1230. The summed E-state index contributed by atoms with van der Waals surface area (Å²) in [5, 5.41) is 10.6. The van der Waals surface area contributed by atoms with E-state index in [4.69, 9.17) is 17.3 Å². The van der Waals surface area contributed by atoms with Gasteiger partial charge >= 0.3 is 0 Å². The lowest BCUT2D eigenvalue weighted by Gasteiger charge is -2.33. The van der Waals surface area contributed by atoms with E-state index >= 15 is 0 Å². The maximum Gasteiger partial charge on any atom is 0.294 e. The first-order valence-corrected chi connectivity index (χ1v) is 10.9. The topological polar surface area (TPSA) is 126 Å². The quantitative estimate of drug-likeness (QED) is 0.687. The Morgan fingerprint density at radius 3 is 2.52 bits per heavy atom. The van der Waals surface area contributed by atoms with Crippen LogP contribution in [0.15, 0.2) is 23.0 Å². The Balaban J connectivity index is 1.77. The highest BCUT2D eigenvalue weighted by Crippen LogP contribution is 2.30. The van der Waals surface area contributed by atoms with Gasteiger partial charge in [-0.2, -0.15) is 0 Å². The third-order valence-electron chi connectivity index (χ3n) is 5.93. The van der Waals surface area contributed by atoms with Gasteiger partial charge in [0.05, 0.1) is 17.1 Å². The summed E-state index contributed by atoms with van der Waals surface area (Å²) in [6.45, 7) is 0.467. The molecule has 0 radical (unpaired) electrons. The van der Waals surface area contributed by atoms with Crippen molar-refractivity contribution >= 4 is 29.3 Å². The normalized spacial score (nSPS) is 16.2. The molecular formula is C22H22ClFN4O5. The molecule has 0 saturated heterocycles. The van der Waals surface area contributed by atoms with E-state index in [2.05, 4.69) is 0 Å². The van der Waals surface area contributed by atoms with Crippen LogP contribution >= 0.6 is 11.6 Å². The van der Waals surface area contributed by atoms with Crippen molar-refractivity contribution in [2.75, 3.05) is 19.6 Å². The average molecular weight is 477 g/mol. The van der Waals surface area contributed by atoms with Crippen molar-refractivity contribution in [3.63, 3.8) is 0 Å². The minimum Gasteiger partial charge on any atom is -0.502 e.